The zero-order chi connectivity index (χ0) is 13.8. The van der Waals surface area contributed by atoms with E-state index in [0.29, 0.717) is 29.7 Å². The van der Waals surface area contributed by atoms with Crippen LogP contribution in [0.3, 0.4) is 0 Å². The molecule has 0 bridgehead atoms. The van der Waals surface area contributed by atoms with Gasteiger partial charge in [0.15, 0.2) is 0 Å². The van der Waals surface area contributed by atoms with Gasteiger partial charge in [-0.2, -0.15) is 0 Å². The maximum atomic E-state index is 12.3. The number of likely N-dealkylation sites (tertiary alicyclic amines) is 1. The van der Waals surface area contributed by atoms with E-state index in [2.05, 4.69) is 20.9 Å². The van der Waals surface area contributed by atoms with Crippen LogP contribution in [0.25, 0.3) is 0 Å². The topological polar surface area (TPSA) is 59.5 Å². The van der Waals surface area contributed by atoms with Gasteiger partial charge in [0, 0.05) is 12.7 Å². The van der Waals surface area contributed by atoms with Crippen molar-refractivity contribution in [3.63, 3.8) is 0 Å². The lowest BCUT2D eigenvalue weighted by molar-refractivity contribution is -0.147. The first-order valence-electron chi connectivity index (χ1n) is 6.22. The molecule has 1 aromatic rings. The normalized spacial score (nSPS) is 18.4. The average Bonchev–Trinajstić information content (AvgIpc) is 2.88. The average molecular weight is 327 g/mol. The van der Waals surface area contributed by atoms with Crippen molar-refractivity contribution in [3.8, 4) is 0 Å². The Labute approximate surface area is 120 Å². The number of ether oxygens (including phenoxy) is 1. The molecule has 0 N–H and O–H groups in total. The van der Waals surface area contributed by atoms with Crippen molar-refractivity contribution in [2.24, 2.45) is 0 Å². The van der Waals surface area contributed by atoms with E-state index in [0.717, 1.165) is 6.42 Å². The molecular formula is C13H15BrN2O3. The fourth-order valence-corrected chi connectivity index (χ4v) is 2.40. The largest absolute Gasteiger partial charge is 0.464 e. The highest BCUT2D eigenvalue weighted by atomic mass is 79.9. The van der Waals surface area contributed by atoms with E-state index >= 15 is 0 Å². The number of aromatic nitrogens is 1. The second-order valence-electron chi connectivity index (χ2n) is 4.28. The van der Waals surface area contributed by atoms with E-state index in [9.17, 15) is 9.59 Å². The van der Waals surface area contributed by atoms with Crippen molar-refractivity contribution in [1.29, 1.82) is 0 Å². The van der Waals surface area contributed by atoms with Crippen LogP contribution in [0.5, 0.6) is 0 Å². The van der Waals surface area contributed by atoms with Gasteiger partial charge >= 0.3 is 5.97 Å². The van der Waals surface area contributed by atoms with Crippen LogP contribution in [0, 0.1) is 0 Å². The zero-order valence-electron chi connectivity index (χ0n) is 10.6. The summed E-state index contributed by atoms with van der Waals surface area (Å²) in [6.45, 7) is 2.67. The fraction of sp³-hybridized carbons (Fsp3) is 0.462. The quantitative estimate of drug-likeness (QED) is 0.629. The summed E-state index contributed by atoms with van der Waals surface area (Å²) >= 11 is 3.22. The summed E-state index contributed by atoms with van der Waals surface area (Å²) in [5.74, 6) is -0.492. The van der Waals surface area contributed by atoms with E-state index in [1.165, 1.54) is 6.20 Å². The van der Waals surface area contributed by atoms with Gasteiger partial charge in [0.1, 0.15) is 10.6 Å². The summed E-state index contributed by atoms with van der Waals surface area (Å²) < 4.78 is 5.68. The molecule has 102 valence electrons. The Hall–Kier alpha value is -1.43. The van der Waals surface area contributed by atoms with Gasteiger partial charge in [0.05, 0.1) is 12.2 Å². The van der Waals surface area contributed by atoms with Gasteiger partial charge in [0.25, 0.3) is 5.91 Å². The maximum Gasteiger partial charge on any atom is 0.328 e. The third kappa shape index (κ3) is 3.12. The third-order valence-corrected chi connectivity index (χ3v) is 3.52. The lowest BCUT2D eigenvalue weighted by Gasteiger charge is -2.23. The Morgan fingerprint density at radius 2 is 2.32 bits per heavy atom. The van der Waals surface area contributed by atoms with Crippen LogP contribution < -0.4 is 0 Å². The van der Waals surface area contributed by atoms with Gasteiger partial charge < -0.3 is 9.64 Å². The molecule has 1 aliphatic heterocycles. The van der Waals surface area contributed by atoms with Gasteiger partial charge in [-0.3, -0.25) is 4.79 Å². The summed E-state index contributed by atoms with van der Waals surface area (Å²) in [6, 6.07) is 2.94. The first kappa shape index (κ1) is 14.0. The molecule has 6 heteroatoms. The van der Waals surface area contributed by atoms with Gasteiger partial charge in [-0.25, -0.2) is 9.78 Å². The molecule has 19 heavy (non-hydrogen) atoms. The smallest absolute Gasteiger partial charge is 0.328 e. The minimum Gasteiger partial charge on any atom is -0.464 e. The molecule has 1 saturated heterocycles. The monoisotopic (exact) mass is 326 g/mol. The first-order valence-corrected chi connectivity index (χ1v) is 7.02. The minimum absolute atomic E-state index is 0.171. The highest BCUT2D eigenvalue weighted by Gasteiger charge is 2.35. The number of amides is 1. The zero-order valence-corrected chi connectivity index (χ0v) is 12.2. The Morgan fingerprint density at radius 3 is 2.95 bits per heavy atom. The fourth-order valence-electron chi connectivity index (χ4n) is 2.16. The van der Waals surface area contributed by atoms with Crippen molar-refractivity contribution in [2.45, 2.75) is 25.8 Å². The molecule has 0 aliphatic carbocycles. The predicted molar refractivity (Wildman–Crippen MR) is 72.6 cm³/mol. The number of esters is 1. The van der Waals surface area contributed by atoms with Gasteiger partial charge in [-0.05, 0) is 47.8 Å². The van der Waals surface area contributed by atoms with Crippen LogP contribution in [0.2, 0.25) is 0 Å². The van der Waals surface area contributed by atoms with Crippen molar-refractivity contribution in [3.05, 3.63) is 28.5 Å². The molecule has 0 saturated carbocycles. The highest BCUT2D eigenvalue weighted by Crippen LogP contribution is 2.21. The number of carbonyl (C=O) groups is 2. The predicted octanol–water partition coefficient (Wildman–Crippen LogP) is 2.01. The standard InChI is InChI=1S/C13H15BrN2O3/c1-2-19-13(18)10-4-3-7-16(10)12(17)9-5-6-11(14)15-8-9/h5-6,8,10H,2-4,7H2,1H3. The molecule has 2 rings (SSSR count). The van der Waals surface area contributed by atoms with Crippen LogP contribution in [-0.2, 0) is 9.53 Å². The molecule has 1 aromatic heterocycles. The van der Waals surface area contributed by atoms with Crippen LogP contribution in [0.4, 0.5) is 0 Å². The van der Waals surface area contributed by atoms with E-state index in [1.807, 2.05) is 0 Å². The van der Waals surface area contributed by atoms with Crippen LogP contribution >= 0.6 is 15.9 Å². The van der Waals surface area contributed by atoms with E-state index in [1.54, 1.807) is 24.0 Å². The number of hydrogen-bond acceptors (Lipinski definition) is 4. The number of rotatable bonds is 3. The van der Waals surface area contributed by atoms with Crippen LogP contribution in [-0.4, -0.2) is 41.0 Å². The van der Waals surface area contributed by atoms with E-state index in [-0.39, 0.29) is 11.9 Å². The lowest BCUT2D eigenvalue weighted by atomic mass is 10.2. The highest BCUT2D eigenvalue weighted by molar-refractivity contribution is 9.10. The molecule has 0 aromatic carbocycles. The first-order chi connectivity index (χ1) is 9.13. The van der Waals surface area contributed by atoms with Crippen molar-refractivity contribution >= 4 is 27.8 Å². The van der Waals surface area contributed by atoms with E-state index in [4.69, 9.17) is 4.74 Å². The van der Waals surface area contributed by atoms with Crippen molar-refractivity contribution in [2.75, 3.05) is 13.2 Å². The molecule has 1 aliphatic rings. The van der Waals surface area contributed by atoms with Crippen molar-refractivity contribution < 1.29 is 14.3 Å². The Morgan fingerprint density at radius 1 is 1.53 bits per heavy atom. The minimum atomic E-state index is -0.462. The number of hydrogen-bond donors (Lipinski definition) is 0. The molecule has 5 nitrogen and oxygen atoms in total. The molecule has 0 radical (unpaired) electrons. The Balaban J connectivity index is 2.13. The molecule has 1 unspecified atom stereocenters. The van der Waals surface area contributed by atoms with Gasteiger partial charge in [-0.1, -0.05) is 0 Å². The summed E-state index contributed by atoms with van der Waals surface area (Å²) in [7, 11) is 0. The van der Waals surface area contributed by atoms with Gasteiger partial charge in [-0.15, -0.1) is 0 Å². The summed E-state index contributed by atoms with van der Waals surface area (Å²) in [5, 5.41) is 0. The number of nitrogens with zero attached hydrogens (tertiary/aromatic N) is 2. The molecule has 1 atom stereocenters. The third-order valence-electron chi connectivity index (χ3n) is 3.05. The maximum absolute atomic E-state index is 12.3. The number of pyridine rings is 1. The Bertz CT molecular complexity index is 475. The van der Waals surface area contributed by atoms with Gasteiger partial charge in [0.2, 0.25) is 0 Å². The lowest BCUT2D eigenvalue weighted by Crippen LogP contribution is -2.41. The molecule has 2 heterocycles. The SMILES string of the molecule is CCOC(=O)C1CCCN1C(=O)c1ccc(Br)nc1. The summed E-state index contributed by atoms with van der Waals surface area (Å²) in [6.07, 6.45) is 2.99. The molecule has 1 amide bonds. The van der Waals surface area contributed by atoms with Crippen LogP contribution in [0.1, 0.15) is 30.1 Å². The molecule has 0 spiro atoms. The second-order valence-corrected chi connectivity index (χ2v) is 5.09. The summed E-state index contributed by atoms with van der Waals surface area (Å²) in [5.41, 5.74) is 0.486. The number of carbonyl (C=O) groups excluding carboxylic acids is 2. The number of halogens is 1. The second kappa shape index (κ2) is 6.14. The van der Waals surface area contributed by atoms with Crippen LogP contribution in [0.15, 0.2) is 22.9 Å². The van der Waals surface area contributed by atoms with Crippen molar-refractivity contribution in [1.82, 2.24) is 9.88 Å². The molecular weight excluding hydrogens is 312 g/mol. The molecule has 1 fully saturated rings. The summed E-state index contributed by atoms with van der Waals surface area (Å²) in [4.78, 5) is 29.7. The Kier molecular flexibility index (Phi) is 4.52. The van der Waals surface area contributed by atoms with E-state index < -0.39 is 6.04 Å².